The zero-order valence-electron chi connectivity index (χ0n) is 11.9. The van der Waals surface area contributed by atoms with Crippen LogP contribution in [0, 0.1) is 5.82 Å². The molecule has 1 rings (SSSR count). The fourth-order valence-corrected chi connectivity index (χ4v) is 1.93. The molecule has 1 amide bonds. The van der Waals surface area contributed by atoms with Crippen molar-refractivity contribution in [3.05, 3.63) is 30.1 Å². The average Bonchev–Trinajstić information content (AvgIpc) is 2.42. The van der Waals surface area contributed by atoms with E-state index in [4.69, 9.17) is 5.11 Å². The molecule has 0 aliphatic heterocycles. The number of halogens is 1. The third kappa shape index (κ3) is 6.63. The number of aliphatic hydroxyl groups excluding tert-OH is 1. The second kappa shape index (κ2) is 9.44. The van der Waals surface area contributed by atoms with Gasteiger partial charge in [0.25, 0.3) is 0 Å². The van der Waals surface area contributed by atoms with Gasteiger partial charge in [-0.1, -0.05) is 19.8 Å². The molecule has 1 aromatic rings. The summed E-state index contributed by atoms with van der Waals surface area (Å²) in [4.78, 5) is 13.8. The number of aliphatic hydroxyl groups is 1. The highest BCUT2D eigenvalue weighted by Gasteiger charge is 2.10. The van der Waals surface area contributed by atoms with Crippen LogP contribution in [0.25, 0.3) is 0 Å². The van der Waals surface area contributed by atoms with Gasteiger partial charge in [-0.15, -0.1) is 0 Å². The number of nitrogens with one attached hydrogen (secondary N) is 1. The lowest BCUT2D eigenvalue weighted by atomic mass is 10.2. The zero-order chi connectivity index (χ0) is 14.8. The fourth-order valence-electron chi connectivity index (χ4n) is 1.93. The number of anilines is 1. The maximum atomic E-state index is 12.8. The normalized spacial score (nSPS) is 10.8. The van der Waals surface area contributed by atoms with E-state index in [1.54, 1.807) is 0 Å². The Labute approximate surface area is 119 Å². The average molecular weight is 282 g/mol. The Hall–Kier alpha value is -1.46. The van der Waals surface area contributed by atoms with E-state index in [1.807, 2.05) is 4.90 Å². The van der Waals surface area contributed by atoms with E-state index in [9.17, 15) is 9.18 Å². The summed E-state index contributed by atoms with van der Waals surface area (Å²) in [5, 5.41) is 11.7. The first-order chi connectivity index (χ1) is 9.65. The first-order valence-electron chi connectivity index (χ1n) is 7.04. The summed E-state index contributed by atoms with van der Waals surface area (Å²) in [6.45, 7) is 3.68. The number of carbonyl (C=O) groups is 1. The molecular weight excluding hydrogens is 259 g/mol. The maximum Gasteiger partial charge on any atom is 0.238 e. The number of rotatable bonds is 9. The van der Waals surface area contributed by atoms with E-state index < -0.39 is 0 Å². The van der Waals surface area contributed by atoms with Crippen molar-refractivity contribution in [3.63, 3.8) is 0 Å². The van der Waals surface area contributed by atoms with Crippen LogP contribution in [0.3, 0.4) is 0 Å². The van der Waals surface area contributed by atoms with Crippen molar-refractivity contribution in [1.82, 2.24) is 4.90 Å². The topological polar surface area (TPSA) is 52.6 Å². The number of hydrogen-bond acceptors (Lipinski definition) is 3. The predicted molar refractivity (Wildman–Crippen MR) is 78.1 cm³/mol. The summed E-state index contributed by atoms with van der Waals surface area (Å²) >= 11 is 0. The Balaban J connectivity index is 2.42. The van der Waals surface area contributed by atoms with E-state index in [-0.39, 0.29) is 24.9 Å². The van der Waals surface area contributed by atoms with Gasteiger partial charge in [0.15, 0.2) is 0 Å². The summed E-state index contributed by atoms with van der Waals surface area (Å²) in [6, 6.07) is 5.67. The Morgan fingerprint density at radius 3 is 2.55 bits per heavy atom. The molecule has 5 heteroatoms. The lowest BCUT2D eigenvalue weighted by Gasteiger charge is -2.20. The van der Waals surface area contributed by atoms with Crippen molar-refractivity contribution in [2.24, 2.45) is 0 Å². The summed E-state index contributed by atoms with van der Waals surface area (Å²) < 4.78 is 12.8. The summed E-state index contributed by atoms with van der Waals surface area (Å²) in [7, 11) is 0. The smallest absolute Gasteiger partial charge is 0.238 e. The van der Waals surface area contributed by atoms with Gasteiger partial charge in [0.2, 0.25) is 5.91 Å². The molecule has 0 bridgehead atoms. The predicted octanol–water partition coefficient (Wildman–Crippen LogP) is 2.25. The molecule has 112 valence electrons. The van der Waals surface area contributed by atoms with Crippen LogP contribution in [0.15, 0.2) is 24.3 Å². The number of carbonyl (C=O) groups excluding carboxylic acids is 1. The van der Waals surface area contributed by atoms with Gasteiger partial charge in [0.05, 0.1) is 13.2 Å². The SMILES string of the molecule is CCCCCN(CCO)CC(=O)Nc1ccc(F)cc1. The Morgan fingerprint density at radius 2 is 1.95 bits per heavy atom. The highest BCUT2D eigenvalue weighted by molar-refractivity contribution is 5.92. The molecule has 0 saturated heterocycles. The Morgan fingerprint density at radius 1 is 1.25 bits per heavy atom. The molecule has 0 atom stereocenters. The largest absolute Gasteiger partial charge is 0.395 e. The molecule has 20 heavy (non-hydrogen) atoms. The number of hydrogen-bond donors (Lipinski definition) is 2. The molecular formula is C15H23FN2O2. The van der Waals surface area contributed by atoms with E-state index in [1.165, 1.54) is 24.3 Å². The van der Waals surface area contributed by atoms with Gasteiger partial charge < -0.3 is 10.4 Å². The number of benzene rings is 1. The van der Waals surface area contributed by atoms with Crippen LogP contribution in [-0.4, -0.2) is 42.2 Å². The van der Waals surface area contributed by atoms with Crippen molar-refractivity contribution in [1.29, 1.82) is 0 Å². The molecule has 0 spiro atoms. The van der Waals surface area contributed by atoms with Gasteiger partial charge in [-0.3, -0.25) is 9.69 Å². The third-order valence-electron chi connectivity index (χ3n) is 2.99. The molecule has 0 unspecified atom stereocenters. The first kappa shape index (κ1) is 16.6. The Bertz CT molecular complexity index is 395. The minimum atomic E-state index is -0.329. The van der Waals surface area contributed by atoms with Crippen LogP contribution >= 0.6 is 0 Å². The lowest BCUT2D eigenvalue weighted by Crippen LogP contribution is -2.36. The first-order valence-corrected chi connectivity index (χ1v) is 7.04. The second-order valence-electron chi connectivity index (χ2n) is 4.76. The maximum absolute atomic E-state index is 12.8. The van der Waals surface area contributed by atoms with Gasteiger partial charge in [-0.2, -0.15) is 0 Å². The number of nitrogens with zero attached hydrogens (tertiary/aromatic N) is 1. The summed E-state index contributed by atoms with van der Waals surface area (Å²) in [6.07, 6.45) is 3.25. The third-order valence-corrected chi connectivity index (χ3v) is 2.99. The van der Waals surface area contributed by atoms with Crippen molar-refractivity contribution in [2.75, 3.05) is 31.6 Å². The quantitative estimate of drug-likeness (QED) is 0.683. The molecule has 0 aliphatic rings. The highest BCUT2D eigenvalue weighted by Crippen LogP contribution is 2.08. The lowest BCUT2D eigenvalue weighted by molar-refractivity contribution is -0.117. The number of amides is 1. The van der Waals surface area contributed by atoms with E-state index in [2.05, 4.69) is 12.2 Å². The number of unbranched alkanes of at least 4 members (excludes halogenated alkanes) is 2. The molecule has 1 aromatic carbocycles. The van der Waals surface area contributed by atoms with Crippen LogP contribution in [0.2, 0.25) is 0 Å². The van der Waals surface area contributed by atoms with Crippen LogP contribution in [-0.2, 0) is 4.79 Å². The van der Waals surface area contributed by atoms with Crippen molar-refractivity contribution in [3.8, 4) is 0 Å². The molecule has 0 aliphatic carbocycles. The molecule has 4 nitrogen and oxygen atoms in total. The summed E-state index contributed by atoms with van der Waals surface area (Å²) in [5.41, 5.74) is 0.578. The van der Waals surface area contributed by atoms with Gasteiger partial charge in [-0.05, 0) is 37.2 Å². The van der Waals surface area contributed by atoms with Gasteiger partial charge in [0, 0.05) is 12.2 Å². The zero-order valence-corrected chi connectivity index (χ0v) is 11.9. The fraction of sp³-hybridized carbons (Fsp3) is 0.533. The van der Waals surface area contributed by atoms with Crippen molar-refractivity contribution in [2.45, 2.75) is 26.2 Å². The van der Waals surface area contributed by atoms with Crippen LogP contribution < -0.4 is 5.32 Å². The van der Waals surface area contributed by atoms with Gasteiger partial charge in [-0.25, -0.2) is 4.39 Å². The summed E-state index contributed by atoms with van der Waals surface area (Å²) in [5.74, 6) is -0.481. The van der Waals surface area contributed by atoms with Gasteiger partial charge in [0.1, 0.15) is 5.82 Å². The van der Waals surface area contributed by atoms with E-state index >= 15 is 0 Å². The van der Waals surface area contributed by atoms with Crippen LogP contribution in [0.4, 0.5) is 10.1 Å². The molecule has 0 aromatic heterocycles. The Kier molecular flexibility index (Phi) is 7.84. The molecule has 0 heterocycles. The van der Waals surface area contributed by atoms with Crippen LogP contribution in [0.5, 0.6) is 0 Å². The molecule has 0 saturated carbocycles. The van der Waals surface area contributed by atoms with Crippen molar-refractivity contribution < 1.29 is 14.3 Å². The molecule has 2 N–H and O–H groups in total. The van der Waals surface area contributed by atoms with E-state index in [0.29, 0.717) is 12.2 Å². The molecule has 0 fully saturated rings. The second-order valence-corrected chi connectivity index (χ2v) is 4.76. The minimum absolute atomic E-state index is 0.0377. The van der Waals surface area contributed by atoms with Crippen molar-refractivity contribution >= 4 is 11.6 Å². The van der Waals surface area contributed by atoms with E-state index in [0.717, 1.165) is 25.8 Å². The van der Waals surface area contributed by atoms with Gasteiger partial charge >= 0.3 is 0 Å². The monoisotopic (exact) mass is 282 g/mol. The van der Waals surface area contributed by atoms with Crippen LogP contribution in [0.1, 0.15) is 26.2 Å². The molecule has 0 radical (unpaired) electrons. The highest BCUT2D eigenvalue weighted by atomic mass is 19.1. The standard InChI is InChI=1S/C15H23FN2O2/c1-2-3-4-9-18(10-11-19)12-15(20)17-14-7-5-13(16)6-8-14/h5-8,19H,2-4,9-12H2,1H3,(H,17,20). The minimum Gasteiger partial charge on any atom is -0.395 e.